The normalized spacial score (nSPS) is 11.3. The van der Waals surface area contributed by atoms with Crippen LogP contribution in [0.15, 0.2) is 12.2 Å². The SMILES string of the molecule is C=C(CN)CN(CC)CC(CC)CC. The Labute approximate surface area is 89.2 Å². The Bertz CT molecular complexity index is 150. The first-order valence-electron chi connectivity index (χ1n) is 5.76. The molecule has 0 heterocycles. The number of nitrogens with zero attached hydrogens (tertiary/aromatic N) is 1. The zero-order valence-electron chi connectivity index (χ0n) is 10.1. The van der Waals surface area contributed by atoms with Crippen molar-refractivity contribution in [1.82, 2.24) is 4.90 Å². The van der Waals surface area contributed by atoms with Crippen molar-refractivity contribution < 1.29 is 0 Å². The Hall–Kier alpha value is -0.340. The summed E-state index contributed by atoms with van der Waals surface area (Å²) in [6, 6.07) is 0. The minimum absolute atomic E-state index is 0.611. The van der Waals surface area contributed by atoms with Crippen LogP contribution in [0.5, 0.6) is 0 Å². The van der Waals surface area contributed by atoms with E-state index in [9.17, 15) is 0 Å². The third-order valence-electron chi connectivity index (χ3n) is 2.85. The van der Waals surface area contributed by atoms with Crippen LogP contribution in [0.25, 0.3) is 0 Å². The second kappa shape index (κ2) is 8.01. The molecule has 2 nitrogen and oxygen atoms in total. The molecule has 0 aliphatic carbocycles. The van der Waals surface area contributed by atoms with Crippen LogP contribution in [0.4, 0.5) is 0 Å². The van der Waals surface area contributed by atoms with Crippen LogP contribution in [-0.4, -0.2) is 31.1 Å². The van der Waals surface area contributed by atoms with Crippen LogP contribution in [-0.2, 0) is 0 Å². The first kappa shape index (κ1) is 13.7. The highest BCUT2D eigenvalue weighted by Crippen LogP contribution is 2.10. The molecule has 0 aliphatic rings. The highest BCUT2D eigenvalue weighted by Gasteiger charge is 2.09. The van der Waals surface area contributed by atoms with Gasteiger partial charge in [0, 0.05) is 19.6 Å². The van der Waals surface area contributed by atoms with Crippen molar-refractivity contribution in [1.29, 1.82) is 0 Å². The van der Waals surface area contributed by atoms with Gasteiger partial charge in [0.2, 0.25) is 0 Å². The molecule has 0 saturated heterocycles. The van der Waals surface area contributed by atoms with Crippen molar-refractivity contribution in [2.45, 2.75) is 33.6 Å². The topological polar surface area (TPSA) is 29.3 Å². The average Bonchev–Trinajstić information content (AvgIpc) is 2.23. The number of nitrogens with two attached hydrogens (primary N) is 1. The van der Waals surface area contributed by atoms with Gasteiger partial charge in [-0.1, -0.05) is 40.2 Å². The lowest BCUT2D eigenvalue weighted by Crippen LogP contribution is -2.32. The molecule has 0 unspecified atom stereocenters. The Kier molecular flexibility index (Phi) is 7.81. The summed E-state index contributed by atoms with van der Waals surface area (Å²) in [5.74, 6) is 0.820. The molecule has 2 heteroatoms. The van der Waals surface area contributed by atoms with Crippen molar-refractivity contribution >= 4 is 0 Å². The number of rotatable bonds is 8. The molecule has 0 aromatic heterocycles. The van der Waals surface area contributed by atoms with Crippen LogP contribution in [0.1, 0.15) is 33.6 Å². The number of hydrogen-bond acceptors (Lipinski definition) is 2. The van der Waals surface area contributed by atoms with Crippen molar-refractivity contribution in [3.63, 3.8) is 0 Å². The molecule has 0 bridgehead atoms. The van der Waals surface area contributed by atoms with Crippen LogP contribution in [0.2, 0.25) is 0 Å². The van der Waals surface area contributed by atoms with E-state index in [0.29, 0.717) is 6.54 Å². The predicted molar refractivity (Wildman–Crippen MR) is 64.4 cm³/mol. The molecule has 0 aromatic carbocycles. The predicted octanol–water partition coefficient (Wildman–Crippen LogP) is 2.26. The van der Waals surface area contributed by atoms with E-state index in [2.05, 4.69) is 32.3 Å². The molecule has 0 fully saturated rings. The highest BCUT2D eigenvalue weighted by molar-refractivity contribution is 4.98. The van der Waals surface area contributed by atoms with Gasteiger partial charge in [-0.3, -0.25) is 4.90 Å². The van der Waals surface area contributed by atoms with Gasteiger partial charge in [0.1, 0.15) is 0 Å². The summed E-state index contributed by atoms with van der Waals surface area (Å²) in [5.41, 5.74) is 6.68. The van der Waals surface area contributed by atoms with Gasteiger partial charge in [0.15, 0.2) is 0 Å². The fraction of sp³-hybridized carbons (Fsp3) is 0.833. The van der Waals surface area contributed by atoms with Gasteiger partial charge < -0.3 is 5.73 Å². The standard InChI is InChI=1S/C12H26N2/c1-5-12(6-2)10-14(7-3)9-11(4)8-13/h12H,4-10,13H2,1-3H3. The fourth-order valence-corrected chi connectivity index (χ4v) is 1.60. The lowest BCUT2D eigenvalue weighted by atomic mass is 10.0. The molecule has 0 saturated carbocycles. The first-order valence-corrected chi connectivity index (χ1v) is 5.76. The zero-order valence-corrected chi connectivity index (χ0v) is 10.1. The Balaban J connectivity index is 3.94. The van der Waals surface area contributed by atoms with Gasteiger partial charge >= 0.3 is 0 Å². The molecule has 0 aromatic rings. The molecule has 2 N–H and O–H groups in total. The van der Waals surface area contributed by atoms with E-state index in [4.69, 9.17) is 5.73 Å². The highest BCUT2D eigenvalue weighted by atomic mass is 15.1. The van der Waals surface area contributed by atoms with E-state index in [1.54, 1.807) is 0 Å². The summed E-state index contributed by atoms with van der Waals surface area (Å²) in [6.45, 7) is 14.5. The lowest BCUT2D eigenvalue weighted by molar-refractivity contribution is 0.250. The second-order valence-electron chi connectivity index (χ2n) is 3.96. The molecule has 0 aliphatic heterocycles. The van der Waals surface area contributed by atoms with E-state index < -0.39 is 0 Å². The maximum Gasteiger partial charge on any atom is 0.0202 e. The van der Waals surface area contributed by atoms with E-state index in [1.807, 2.05) is 0 Å². The maximum atomic E-state index is 5.54. The monoisotopic (exact) mass is 198 g/mol. The second-order valence-corrected chi connectivity index (χ2v) is 3.96. The number of hydrogen-bond donors (Lipinski definition) is 1. The molecular formula is C12H26N2. The van der Waals surface area contributed by atoms with Crippen LogP contribution >= 0.6 is 0 Å². The summed E-state index contributed by atoms with van der Waals surface area (Å²) in [7, 11) is 0. The van der Waals surface area contributed by atoms with E-state index in [-0.39, 0.29) is 0 Å². The lowest BCUT2D eigenvalue weighted by Gasteiger charge is -2.25. The van der Waals surface area contributed by atoms with Gasteiger partial charge in [0.25, 0.3) is 0 Å². The van der Waals surface area contributed by atoms with Crippen molar-refractivity contribution in [2.24, 2.45) is 11.7 Å². The summed E-state index contributed by atoms with van der Waals surface area (Å²) >= 11 is 0. The largest absolute Gasteiger partial charge is 0.327 e. The first-order chi connectivity index (χ1) is 6.67. The molecule has 0 spiro atoms. The van der Waals surface area contributed by atoms with Crippen LogP contribution in [0.3, 0.4) is 0 Å². The molecule has 0 radical (unpaired) electrons. The quantitative estimate of drug-likeness (QED) is 0.606. The van der Waals surface area contributed by atoms with Gasteiger partial charge in [-0.05, 0) is 18.0 Å². The Morgan fingerprint density at radius 3 is 2.21 bits per heavy atom. The fourth-order valence-electron chi connectivity index (χ4n) is 1.60. The van der Waals surface area contributed by atoms with Gasteiger partial charge in [0.05, 0.1) is 0 Å². The molecule has 0 amide bonds. The minimum atomic E-state index is 0.611. The molecule has 0 rings (SSSR count). The summed E-state index contributed by atoms with van der Waals surface area (Å²) in [4.78, 5) is 2.44. The summed E-state index contributed by atoms with van der Waals surface area (Å²) < 4.78 is 0. The zero-order chi connectivity index (χ0) is 11.0. The Morgan fingerprint density at radius 1 is 1.29 bits per heavy atom. The maximum absolute atomic E-state index is 5.54. The molecule has 0 atom stereocenters. The van der Waals surface area contributed by atoms with Gasteiger partial charge in [-0.15, -0.1) is 0 Å². The van der Waals surface area contributed by atoms with Crippen molar-refractivity contribution in [2.75, 3.05) is 26.2 Å². The Morgan fingerprint density at radius 2 is 1.86 bits per heavy atom. The van der Waals surface area contributed by atoms with E-state index in [1.165, 1.54) is 19.4 Å². The number of likely N-dealkylation sites (N-methyl/N-ethyl adjacent to an activating group) is 1. The molecular weight excluding hydrogens is 172 g/mol. The van der Waals surface area contributed by atoms with Crippen LogP contribution in [0, 0.1) is 5.92 Å². The third kappa shape index (κ3) is 5.40. The van der Waals surface area contributed by atoms with Gasteiger partial charge in [-0.25, -0.2) is 0 Å². The smallest absolute Gasteiger partial charge is 0.0202 e. The average molecular weight is 198 g/mol. The summed E-state index contributed by atoms with van der Waals surface area (Å²) in [6.07, 6.45) is 2.53. The molecule has 14 heavy (non-hydrogen) atoms. The van der Waals surface area contributed by atoms with Gasteiger partial charge in [-0.2, -0.15) is 0 Å². The van der Waals surface area contributed by atoms with Crippen molar-refractivity contribution in [3.05, 3.63) is 12.2 Å². The third-order valence-corrected chi connectivity index (χ3v) is 2.85. The van der Waals surface area contributed by atoms with Crippen molar-refractivity contribution in [3.8, 4) is 0 Å². The van der Waals surface area contributed by atoms with E-state index >= 15 is 0 Å². The van der Waals surface area contributed by atoms with E-state index in [0.717, 1.165) is 24.6 Å². The van der Waals surface area contributed by atoms with Crippen LogP contribution < -0.4 is 5.73 Å². The molecule has 84 valence electrons. The summed E-state index contributed by atoms with van der Waals surface area (Å²) in [5, 5.41) is 0. The minimum Gasteiger partial charge on any atom is -0.327 e.